The molecule has 6 heteroatoms. The van der Waals surface area contributed by atoms with Crippen molar-refractivity contribution in [1.82, 2.24) is 4.98 Å². The number of esters is 1. The minimum Gasteiger partial charge on any atom is -0.466 e. The van der Waals surface area contributed by atoms with Crippen molar-refractivity contribution in [2.24, 2.45) is 5.41 Å². The third-order valence-electron chi connectivity index (χ3n) is 7.43. The molecule has 1 aliphatic rings. The van der Waals surface area contributed by atoms with Gasteiger partial charge in [0.2, 0.25) is 0 Å². The molecule has 0 radical (unpaired) electrons. The average molecular weight is 535 g/mol. The Morgan fingerprint density at radius 1 is 1.03 bits per heavy atom. The highest BCUT2D eigenvalue weighted by atomic mass is 32.2. The zero-order valence-corrected chi connectivity index (χ0v) is 24.1. The van der Waals surface area contributed by atoms with Crippen LogP contribution in [0.25, 0.3) is 11.1 Å². The molecule has 3 aromatic rings. The lowest BCUT2D eigenvalue weighted by molar-refractivity contribution is -0.142. The fourth-order valence-corrected chi connectivity index (χ4v) is 6.02. The van der Waals surface area contributed by atoms with Gasteiger partial charge in [-0.3, -0.25) is 9.78 Å². The van der Waals surface area contributed by atoms with Crippen LogP contribution in [0.5, 0.6) is 0 Å². The molecule has 0 unspecified atom stereocenters. The van der Waals surface area contributed by atoms with Crippen molar-refractivity contribution in [2.75, 3.05) is 30.3 Å². The molecule has 1 fully saturated rings. The highest BCUT2D eigenvalue weighted by Crippen LogP contribution is 2.42. The number of carbonyl (C=O) groups is 1. The van der Waals surface area contributed by atoms with Crippen LogP contribution in [0.2, 0.25) is 0 Å². The summed E-state index contributed by atoms with van der Waals surface area (Å²) < 4.78 is 18.5. The fraction of sp³-hybridized carbons (Fsp3) is 0.438. The maximum absolute atomic E-state index is 13.2. The van der Waals surface area contributed by atoms with E-state index in [-0.39, 0.29) is 18.2 Å². The number of nitrogens with zero attached hydrogens (tertiary/aromatic N) is 2. The fourth-order valence-electron chi connectivity index (χ4n) is 5.12. The summed E-state index contributed by atoms with van der Waals surface area (Å²) in [4.78, 5) is 21.2. The van der Waals surface area contributed by atoms with Crippen LogP contribution in [0.4, 0.5) is 10.1 Å². The maximum atomic E-state index is 13.2. The molecule has 0 N–H and O–H groups in total. The summed E-state index contributed by atoms with van der Waals surface area (Å²) in [5.74, 6) is 0.517. The van der Waals surface area contributed by atoms with Gasteiger partial charge in [-0.2, -0.15) is 0 Å². The second kappa shape index (κ2) is 12.3. The van der Waals surface area contributed by atoms with Gasteiger partial charge in [-0.05, 0) is 80.8 Å². The predicted molar refractivity (Wildman–Crippen MR) is 156 cm³/mol. The zero-order valence-electron chi connectivity index (χ0n) is 23.3. The van der Waals surface area contributed by atoms with Crippen LogP contribution in [-0.2, 0) is 22.4 Å². The molecule has 0 spiro atoms. The van der Waals surface area contributed by atoms with E-state index in [1.54, 1.807) is 11.8 Å². The first-order valence-electron chi connectivity index (χ1n) is 13.5. The molecule has 0 bridgehead atoms. The first-order valence-corrected chi connectivity index (χ1v) is 14.5. The molecule has 38 heavy (non-hydrogen) atoms. The van der Waals surface area contributed by atoms with Gasteiger partial charge in [0.15, 0.2) is 0 Å². The molecule has 202 valence electrons. The largest absolute Gasteiger partial charge is 0.466 e. The van der Waals surface area contributed by atoms with E-state index in [4.69, 9.17) is 9.72 Å². The van der Waals surface area contributed by atoms with Crippen LogP contribution in [0.3, 0.4) is 0 Å². The summed E-state index contributed by atoms with van der Waals surface area (Å²) >= 11 is 1.80. The van der Waals surface area contributed by atoms with E-state index < -0.39 is 0 Å². The number of carbonyl (C=O) groups excluding carboxylic acids is 1. The van der Waals surface area contributed by atoms with Gasteiger partial charge in [-0.25, -0.2) is 4.39 Å². The van der Waals surface area contributed by atoms with Crippen molar-refractivity contribution in [1.29, 1.82) is 0 Å². The molecule has 0 aliphatic carbocycles. The van der Waals surface area contributed by atoms with Crippen LogP contribution < -0.4 is 4.90 Å². The number of thioether (sulfide) groups is 1. The molecule has 0 atom stereocenters. The van der Waals surface area contributed by atoms with Crippen molar-refractivity contribution in [3.05, 3.63) is 76.9 Å². The lowest BCUT2D eigenvalue weighted by atomic mass is 9.82. The molecular formula is C32H39FN2O2S. The number of aromatic nitrogens is 1. The minimum absolute atomic E-state index is 0.198. The molecule has 2 aromatic carbocycles. The van der Waals surface area contributed by atoms with Crippen molar-refractivity contribution >= 4 is 23.4 Å². The highest BCUT2D eigenvalue weighted by molar-refractivity contribution is 7.99. The van der Waals surface area contributed by atoms with Crippen molar-refractivity contribution in [2.45, 2.75) is 65.2 Å². The number of benzene rings is 2. The minimum atomic E-state index is -0.210. The predicted octanol–water partition coefficient (Wildman–Crippen LogP) is 7.57. The van der Waals surface area contributed by atoms with Gasteiger partial charge < -0.3 is 9.64 Å². The number of halogens is 1. The van der Waals surface area contributed by atoms with Gasteiger partial charge in [0.05, 0.1) is 18.7 Å². The Balaban J connectivity index is 1.62. The first kappa shape index (κ1) is 28.2. The van der Waals surface area contributed by atoms with E-state index in [2.05, 4.69) is 49.9 Å². The second-order valence-corrected chi connectivity index (χ2v) is 12.0. The third kappa shape index (κ3) is 6.96. The Morgan fingerprint density at radius 2 is 1.68 bits per heavy atom. The number of hydrogen-bond donors (Lipinski definition) is 0. The number of anilines is 1. The van der Waals surface area contributed by atoms with Crippen LogP contribution in [0.1, 0.15) is 56.1 Å². The van der Waals surface area contributed by atoms with Crippen LogP contribution in [-0.4, -0.2) is 36.4 Å². The smallest absolute Gasteiger partial charge is 0.310 e. The number of rotatable bonds is 9. The molecule has 4 nitrogen and oxygen atoms in total. The summed E-state index contributed by atoms with van der Waals surface area (Å²) in [6.07, 6.45) is 3.33. The van der Waals surface area contributed by atoms with E-state index >= 15 is 0 Å². The summed E-state index contributed by atoms with van der Waals surface area (Å²) in [5.41, 5.74) is 7.66. The Bertz CT molecular complexity index is 1250. The Hall–Kier alpha value is -2.86. The standard InChI is InChI=1S/C32H39FN2O2S/c1-6-37-29(36)21-28-22(2)34-23(3)30(31(28)35-18-16-32(4,5)17-19-35)25-9-13-27(14-10-25)38-20-15-24-7-11-26(33)12-8-24/h7-14H,6,15-21H2,1-5H3. The normalized spacial score (nSPS) is 14.9. The summed E-state index contributed by atoms with van der Waals surface area (Å²) in [7, 11) is 0. The number of hydrogen-bond acceptors (Lipinski definition) is 5. The molecule has 1 saturated heterocycles. The van der Waals surface area contributed by atoms with Crippen molar-refractivity contribution < 1.29 is 13.9 Å². The SMILES string of the molecule is CCOC(=O)Cc1c(C)nc(C)c(-c2ccc(SCCc3ccc(F)cc3)cc2)c1N1CCC(C)(C)CC1. The summed E-state index contributed by atoms with van der Waals surface area (Å²) in [6, 6.07) is 15.4. The molecule has 4 rings (SSSR count). The molecule has 0 saturated carbocycles. The van der Waals surface area contributed by atoms with Crippen molar-refractivity contribution in [3.8, 4) is 11.1 Å². The number of ether oxygens (including phenoxy) is 1. The summed E-state index contributed by atoms with van der Waals surface area (Å²) in [6.45, 7) is 12.9. The van der Waals surface area contributed by atoms with Gasteiger partial charge in [-0.15, -0.1) is 11.8 Å². The monoisotopic (exact) mass is 534 g/mol. The Morgan fingerprint density at radius 3 is 2.32 bits per heavy atom. The van der Waals surface area contributed by atoms with Gasteiger partial charge in [0.25, 0.3) is 0 Å². The van der Waals surface area contributed by atoms with Gasteiger partial charge in [0, 0.05) is 46.3 Å². The number of pyridine rings is 1. The quantitative estimate of drug-likeness (QED) is 0.209. The van der Waals surface area contributed by atoms with Gasteiger partial charge in [0.1, 0.15) is 5.82 Å². The summed E-state index contributed by atoms with van der Waals surface area (Å²) in [5, 5.41) is 0. The van der Waals surface area contributed by atoms with Gasteiger partial charge in [-0.1, -0.05) is 38.1 Å². The lowest BCUT2D eigenvalue weighted by Crippen LogP contribution is -2.38. The maximum Gasteiger partial charge on any atom is 0.310 e. The lowest BCUT2D eigenvalue weighted by Gasteiger charge is -2.40. The highest BCUT2D eigenvalue weighted by Gasteiger charge is 2.30. The zero-order chi connectivity index (χ0) is 27.3. The van der Waals surface area contributed by atoms with E-state index in [1.165, 1.54) is 17.0 Å². The molecule has 0 amide bonds. The topological polar surface area (TPSA) is 42.4 Å². The number of piperidine rings is 1. The molecule has 2 heterocycles. The van der Waals surface area contributed by atoms with E-state index in [1.807, 2.05) is 26.0 Å². The van der Waals surface area contributed by atoms with Crippen LogP contribution >= 0.6 is 11.8 Å². The Kier molecular flexibility index (Phi) is 9.14. The van der Waals surface area contributed by atoms with Crippen LogP contribution in [0, 0.1) is 25.1 Å². The molecule has 1 aliphatic heterocycles. The van der Waals surface area contributed by atoms with E-state index in [0.717, 1.165) is 77.4 Å². The number of aryl methyl sites for hydroxylation is 3. The van der Waals surface area contributed by atoms with Gasteiger partial charge >= 0.3 is 5.97 Å². The van der Waals surface area contributed by atoms with E-state index in [0.29, 0.717) is 12.0 Å². The Labute approximate surface area is 231 Å². The van der Waals surface area contributed by atoms with Crippen molar-refractivity contribution in [3.63, 3.8) is 0 Å². The first-order chi connectivity index (χ1) is 18.2. The molecule has 1 aromatic heterocycles. The van der Waals surface area contributed by atoms with E-state index in [9.17, 15) is 9.18 Å². The second-order valence-electron chi connectivity index (χ2n) is 10.9. The van der Waals surface area contributed by atoms with Crippen LogP contribution in [0.15, 0.2) is 53.4 Å². The average Bonchev–Trinajstić information content (AvgIpc) is 2.88. The molecular weight excluding hydrogens is 495 g/mol. The third-order valence-corrected chi connectivity index (χ3v) is 8.45.